The molecule has 2 amide bonds. The molecule has 1 saturated carbocycles. The molecule has 0 radical (unpaired) electrons. The number of carbonyl (C=O) groups excluding carboxylic acids is 1. The third kappa shape index (κ3) is 3.06. The van der Waals surface area contributed by atoms with Crippen molar-refractivity contribution in [3.05, 3.63) is 22.5 Å². The predicted octanol–water partition coefficient (Wildman–Crippen LogP) is 3.73. The number of piperidine rings is 1. The first-order chi connectivity index (χ1) is 13.5. The molecule has 2 aliphatic heterocycles. The van der Waals surface area contributed by atoms with E-state index in [0.717, 1.165) is 56.1 Å². The molecule has 0 unspecified atom stereocenters. The monoisotopic (exact) mass is 404 g/mol. The second-order valence-electron chi connectivity index (χ2n) is 8.32. The molecule has 1 aromatic heterocycles. The van der Waals surface area contributed by atoms with Crippen molar-refractivity contribution in [3.8, 4) is 0 Å². The molecule has 1 saturated heterocycles. The Morgan fingerprint density at radius 2 is 2.14 bits per heavy atom. The molecule has 5 rings (SSSR count). The third-order valence-corrected chi connectivity index (χ3v) is 6.59. The van der Waals surface area contributed by atoms with Gasteiger partial charge in [-0.3, -0.25) is 4.90 Å². The summed E-state index contributed by atoms with van der Waals surface area (Å²) in [5, 5.41) is 16.5. The number of halogens is 1. The van der Waals surface area contributed by atoms with E-state index in [2.05, 4.69) is 20.5 Å². The Kier molecular flexibility index (Phi) is 4.49. The number of aliphatic hydroxyl groups is 1. The van der Waals surface area contributed by atoms with Crippen LogP contribution in [0.3, 0.4) is 0 Å². The molecular weight excluding hydrogens is 380 g/mol. The number of fused-ring (bicyclic) bond motifs is 4. The fourth-order valence-electron chi connectivity index (χ4n) is 5.05. The summed E-state index contributed by atoms with van der Waals surface area (Å²) in [4.78, 5) is 19.2. The normalized spacial score (nSPS) is 24.8. The summed E-state index contributed by atoms with van der Waals surface area (Å²) in [5.41, 5.74) is 2.57. The Morgan fingerprint density at radius 3 is 2.93 bits per heavy atom. The SMILES string of the molecule is O=C1Nc2c(Cl)cc3nc(CN4CCC[C@H](O)C4)oc3c2C2(CCCCC2)N1. The van der Waals surface area contributed by atoms with Crippen molar-refractivity contribution >= 4 is 34.4 Å². The van der Waals surface area contributed by atoms with Crippen molar-refractivity contribution in [1.82, 2.24) is 15.2 Å². The van der Waals surface area contributed by atoms with E-state index < -0.39 is 5.54 Å². The van der Waals surface area contributed by atoms with Crippen LogP contribution in [-0.2, 0) is 12.1 Å². The number of oxazole rings is 1. The lowest BCUT2D eigenvalue weighted by Crippen LogP contribution is -2.52. The fourth-order valence-corrected chi connectivity index (χ4v) is 5.29. The van der Waals surface area contributed by atoms with Gasteiger partial charge >= 0.3 is 6.03 Å². The summed E-state index contributed by atoms with van der Waals surface area (Å²) in [7, 11) is 0. The molecule has 7 nitrogen and oxygen atoms in total. The van der Waals surface area contributed by atoms with Crippen molar-refractivity contribution in [2.75, 3.05) is 18.4 Å². The first-order valence-electron chi connectivity index (χ1n) is 10.2. The van der Waals surface area contributed by atoms with E-state index in [-0.39, 0.29) is 12.1 Å². The van der Waals surface area contributed by atoms with Gasteiger partial charge in [-0.05, 0) is 38.3 Å². The fraction of sp³-hybridized carbons (Fsp3) is 0.600. The molecule has 0 bridgehead atoms. The number of urea groups is 1. The van der Waals surface area contributed by atoms with E-state index in [1.165, 1.54) is 6.42 Å². The number of anilines is 1. The van der Waals surface area contributed by atoms with Crippen molar-refractivity contribution in [3.63, 3.8) is 0 Å². The lowest BCUT2D eigenvalue weighted by Gasteiger charge is -2.42. The minimum atomic E-state index is -0.447. The van der Waals surface area contributed by atoms with E-state index >= 15 is 0 Å². The van der Waals surface area contributed by atoms with Crippen LogP contribution in [0.15, 0.2) is 10.5 Å². The van der Waals surface area contributed by atoms with E-state index in [9.17, 15) is 9.90 Å². The smallest absolute Gasteiger partial charge is 0.319 e. The number of benzene rings is 1. The number of likely N-dealkylation sites (tertiary alicyclic amines) is 1. The maximum absolute atomic E-state index is 12.3. The summed E-state index contributed by atoms with van der Waals surface area (Å²) >= 11 is 6.54. The number of rotatable bonds is 2. The molecule has 8 heteroatoms. The number of aromatic nitrogens is 1. The van der Waals surface area contributed by atoms with Crippen LogP contribution >= 0.6 is 11.6 Å². The van der Waals surface area contributed by atoms with Crippen LogP contribution < -0.4 is 10.6 Å². The van der Waals surface area contributed by atoms with Gasteiger partial charge in [0.25, 0.3) is 0 Å². The summed E-state index contributed by atoms with van der Waals surface area (Å²) in [5.74, 6) is 0.622. The average Bonchev–Trinajstić information content (AvgIpc) is 3.04. The topological polar surface area (TPSA) is 90.6 Å². The highest BCUT2D eigenvalue weighted by atomic mass is 35.5. The Morgan fingerprint density at radius 1 is 1.32 bits per heavy atom. The van der Waals surface area contributed by atoms with Crippen LogP contribution in [0.4, 0.5) is 10.5 Å². The maximum Gasteiger partial charge on any atom is 0.319 e. The minimum Gasteiger partial charge on any atom is -0.439 e. The highest BCUT2D eigenvalue weighted by molar-refractivity contribution is 6.35. The molecule has 1 aliphatic carbocycles. The summed E-state index contributed by atoms with van der Waals surface area (Å²) < 4.78 is 6.24. The van der Waals surface area contributed by atoms with Crippen molar-refractivity contribution in [2.24, 2.45) is 0 Å². The quantitative estimate of drug-likeness (QED) is 0.709. The maximum atomic E-state index is 12.3. The number of carbonyl (C=O) groups is 1. The zero-order valence-electron chi connectivity index (χ0n) is 15.8. The van der Waals surface area contributed by atoms with Crippen LogP contribution in [0.2, 0.25) is 5.02 Å². The van der Waals surface area contributed by atoms with Gasteiger partial charge in [0.05, 0.1) is 28.9 Å². The molecular formula is C20H25ClN4O3. The molecule has 1 atom stereocenters. The van der Waals surface area contributed by atoms with E-state index in [0.29, 0.717) is 35.3 Å². The van der Waals surface area contributed by atoms with Crippen molar-refractivity contribution in [1.29, 1.82) is 0 Å². The van der Waals surface area contributed by atoms with Gasteiger partial charge < -0.3 is 20.2 Å². The van der Waals surface area contributed by atoms with Gasteiger partial charge in [0, 0.05) is 12.1 Å². The van der Waals surface area contributed by atoms with Gasteiger partial charge in [-0.15, -0.1) is 0 Å². The number of nitrogens with zero attached hydrogens (tertiary/aromatic N) is 2. The molecule has 28 heavy (non-hydrogen) atoms. The first-order valence-corrected chi connectivity index (χ1v) is 10.5. The second kappa shape index (κ2) is 6.90. The van der Waals surface area contributed by atoms with Crippen LogP contribution in [-0.4, -0.2) is 40.2 Å². The van der Waals surface area contributed by atoms with Crippen LogP contribution in [0, 0.1) is 0 Å². The molecule has 3 N–H and O–H groups in total. The van der Waals surface area contributed by atoms with E-state index in [4.69, 9.17) is 16.0 Å². The number of nitrogens with one attached hydrogen (secondary N) is 2. The second-order valence-corrected chi connectivity index (χ2v) is 8.72. The van der Waals surface area contributed by atoms with Crippen LogP contribution in [0.25, 0.3) is 11.1 Å². The highest BCUT2D eigenvalue weighted by Crippen LogP contribution is 2.48. The zero-order chi connectivity index (χ0) is 19.3. The Balaban J connectivity index is 1.58. The number of β-amino-alcohol motifs (C(OH)–C–C–N with tert-alkyl or cyclic N) is 1. The number of aliphatic hydroxyl groups excluding tert-OH is 1. The summed E-state index contributed by atoms with van der Waals surface area (Å²) in [6, 6.07) is 1.56. The minimum absolute atomic E-state index is 0.210. The summed E-state index contributed by atoms with van der Waals surface area (Å²) in [6.07, 6.45) is 6.56. The highest BCUT2D eigenvalue weighted by Gasteiger charge is 2.44. The Hall–Kier alpha value is -1.83. The van der Waals surface area contributed by atoms with Crippen molar-refractivity contribution < 1.29 is 14.3 Å². The molecule has 3 aliphatic rings. The molecule has 1 spiro atoms. The molecule has 150 valence electrons. The van der Waals surface area contributed by atoms with Crippen LogP contribution in [0.5, 0.6) is 0 Å². The molecule has 1 aromatic carbocycles. The lowest BCUT2D eigenvalue weighted by molar-refractivity contribution is 0.0627. The van der Waals surface area contributed by atoms with Crippen LogP contribution in [0.1, 0.15) is 56.4 Å². The third-order valence-electron chi connectivity index (χ3n) is 6.29. The lowest BCUT2D eigenvalue weighted by atomic mass is 9.74. The predicted molar refractivity (Wildman–Crippen MR) is 106 cm³/mol. The average molecular weight is 405 g/mol. The molecule has 2 aromatic rings. The van der Waals surface area contributed by atoms with E-state index in [1.807, 2.05) is 0 Å². The molecule has 2 fully saturated rings. The van der Waals surface area contributed by atoms with Gasteiger partial charge in [-0.1, -0.05) is 30.9 Å². The first kappa shape index (κ1) is 18.2. The number of hydrogen-bond donors (Lipinski definition) is 3. The van der Waals surface area contributed by atoms with Gasteiger partial charge in [0.15, 0.2) is 5.58 Å². The number of amides is 2. The Bertz CT molecular complexity index is 922. The largest absolute Gasteiger partial charge is 0.439 e. The molecule has 3 heterocycles. The summed E-state index contributed by atoms with van der Waals surface area (Å²) in [6.45, 7) is 2.13. The van der Waals surface area contributed by atoms with Gasteiger partial charge in [-0.25, -0.2) is 9.78 Å². The Labute approximate surface area is 168 Å². The van der Waals surface area contributed by atoms with Crippen molar-refractivity contribution in [2.45, 2.75) is 63.1 Å². The zero-order valence-corrected chi connectivity index (χ0v) is 16.5. The van der Waals surface area contributed by atoms with Gasteiger partial charge in [-0.2, -0.15) is 0 Å². The van der Waals surface area contributed by atoms with E-state index in [1.54, 1.807) is 6.07 Å². The number of hydrogen-bond acceptors (Lipinski definition) is 5. The van der Waals surface area contributed by atoms with Gasteiger partial charge in [0.1, 0.15) is 5.52 Å². The standard InChI is InChI=1S/C20H25ClN4O3/c21-13-9-14-18(28-15(22-14)11-25-8-4-5-12(26)10-25)16-17(13)23-19(27)24-20(16)6-2-1-3-7-20/h9,12,26H,1-8,10-11H2,(H2,23,24,27)/t12-/m0/s1. The van der Waals surface area contributed by atoms with Gasteiger partial charge in [0.2, 0.25) is 5.89 Å².